The van der Waals surface area contributed by atoms with Gasteiger partial charge in [0, 0.05) is 13.0 Å². The summed E-state index contributed by atoms with van der Waals surface area (Å²) in [6.07, 6.45) is -5.83. The highest BCUT2D eigenvalue weighted by Crippen LogP contribution is 2.31. The lowest BCUT2D eigenvalue weighted by Gasteiger charge is -2.45. The third kappa shape index (κ3) is 5.86. The molecule has 1 aliphatic heterocycles. The fraction of sp³-hybridized carbons (Fsp3) is 0.611. The second kappa shape index (κ2) is 9.98. The topological polar surface area (TPSA) is 149 Å². The molecule has 0 bridgehead atoms. The van der Waals surface area contributed by atoms with E-state index < -0.39 is 42.9 Å². The molecule has 1 saturated heterocycles. The maximum absolute atomic E-state index is 11.6. The Labute approximate surface area is 157 Å². The number of ether oxygens (including phenoxy) is 2. The molecule has 0 spiro atoms. The lowest BCUT2D eigenvalue weighted by atomic mass is 9.89. The SMILES string of the molecule is O=C(NCCCC[C@@]1(O)O[C@H](CO)[C@@H](O)[C@H](O)[C@@H]1O)OCc1ccccc1. The number of rotatable bonds is 8. The van der Waals surface area contributed by atoms with Gasteiger partial charge in [0.2, 0.25) is 0 Å². The van der Waals surface area contributed by atoms with Crippen molar-refractivity contribution in [2.45, 2.75) is 56.1 Å². The molecule has 6 N–H and O–H groups in total. The summed E-state index contributed by atoms with van der Waals surface area (Å²) in [6.45, 7) is -0.161. The molecule has 0 radical (unpaired) electrons. The number of hydrogen-bond donors (Lipinski definition) is 6. The molecule has 1 fully saturated rings. The Balaban J connectivity index is 1.67. The normalized spacial score (nSPS) is 30.7. The fourth-order valence-electron chi connectivity index (χ4n) is 2.90. The molecule has 1 aliphatic rings. The van der Waals surface area contributed by atoms with Crippen LogP contribution in [-0.2, 0) is 16.1 Å². The highest BCUT2D eigenvalue weighted by Gasteiger charge is 2.51. The van der Waals surface area contributed by atoms with Gasteiger partial charge in [-0.1, -0.05) is 30.3 Å². The molecule has 0 aliphatic carbocycles. The van der Waals surface area contributed by atoms with Gasteiger partial charge in [-0.3, -0.25) is 0 Å². The van der Waals surface area contributed by atoms with Crippen LogP contribution in [0.4, 0.5) is 4.79 Å². The number of unbranched alkanes of at least 4 members (excludes halogenated alkanes) is 1. The predicted octanol–water partition coefficient (Wildman–Crippen LogP) is -0.754. The summed E-state index contributed by atoms with van der Waals surface area (Å²) in [5.74, 6) is -2.08. The first-order valence-corrected chi connectivity index (χ1v) is 8.87. The third-order valence-corrected chi connectivity index (χ3v) is 4.50. The van der Waals surface area contributed by atoms with Crippen LogP contribution in [0.5, 0.6) is 0 Å². The minimum absolute atomic E-state index is 0.0464. The Hall–Kier alpha value is -1.75. The van der Waals surface area contributed by atoms with Crippen molar-refractivity contribution in [3.63, 3.8) is 0 Å². The molecule has 9 nitrogen and oxygen atoms in total. The van der Waals surface area contributed by atoms with E-state index in [0.29, 0.717) is 12.8 Å². The number of hydrogen-bond acceptors (Lipinski definition) is 8. The summed E-state index contributed by atoms with van der Waals surface area (Å²) in [4.78, 5) is 11.6. The number of aliphatic hydroxyl groups excluding tert-OH is 4. The number of carbonyl (C=O) groups is 1. The maximum Gasteiger partial charge on any atom is 0.407 e. The van der Waals surface area contributed by atoms with Crippen molar-refractivity contribution >= 4 is 6.09 Å². The molecule has 152 valence electrons. The predicted molar refractivity (Wildman–Crippen MR) is 93.4 cm³/mol. The van der Waals surface area contributed by atoms with Gasteiger partial charge in [-0.2, -0.15) is 0 Å². The third-order valence-electron chi connectivity index (χ3n) is 4.50. The number of nitrogens with one attached hydrogen (secondary N) is 1. The maximum atomic E-state index is 11.6. The van der Waals surface area contributed by atoms with E-state index in [0.717, 1.165) is 5.56 Å². The molecule has 0 unspecified atom stereocenters. The second-order valence-corrected chi connectivity index (χ2v) is 6.56. The van der Waals surface area contributed by atoms with Crippen molar-refractivity contribution in [1.82, 2.24) is 5.32 Å². The number of carbonyl (C=O) groups excluding carboxylic acids is 1. The van der Waals surface area contributed by atoms with Crippen LogP contribution in [0.3, 0.4) is 0 Å². The first kappa shape index (κ1) is 21.5. The van der Waals surface area contributed by atoms with E-state index in [9.17, 15) is 25.2 Å². The van der Waals surface area contributed by atoms with Crippen molar-refractivity contribution in [2.75, 3.05) is 13.2 Å². The average molecular weight is 385 g/mol. The van der Waals surface area contributed by atoms with E-state index in [2.05, 4.69) is 5.32 Å². The standard InChI is InChI=1S/C18H27NO8/c20-10-13-14(21)15(22)16(23)18(25,27-13)8-4-5-9-19-17(24)26-11-12-6-2-1-3-7-12/h1-3,6-7,13-16,20-23,25H,4-5,8-11H2,(H,19,24)/t13-,14-,15+,16+,18-/m1/s1. The van der Waals surface area contributed by atoms with E-state index in [1.807, 2.05) is 30.3 Å². The Bertz CT molecular complexity index is 584. The van der Waals surface area contributed by atoms with Crippen molar-refractivity contribution in [1.29, 1.82) is 0 Å². The fourth-order valence-corrected chi connectivity index (χ4v) is 2.90. The molecular weight excluding hydrogens is 358 g/mol. The van der Waals surface area contributed by atoms with Gasteiger partial charge >= 0.3 is 6.09 Å². The van der Waals surface area contributed by atoms with Crippen molar-refractivity contribution in [2.24, 2.45) is 0 Å². The van der Waals surface area contributed by atoms with Gasteiger partial charge in [0.25, 0.3) is 0 Å². The molecule has 0 aromatic heterocycles. The Morgan fingerprint density at radius 2 is 1.85 bits per heavy atom. The summed E-state index contributed by atoms with van der Waals surface area (Å²) in [6, 6.07) is 9.25. The zero-order valence-electron chi connectivity index (χ0n) is 14.9. The molecule has 9 heteroatoms. The molecule has 1 aromatic carbocycles. The van der Waals surface area contributed by atoms with Crippen LogP contribution in [0.15, 0.2) is 30.3 Å². The van der Waals surface area contributed by atoms with Gasteiger partial charge in [0.1, 0.15) is 31.0 Å². The summed E-state index contributed by atoms with van der Waals surface area (Å²) < 4.78 is 10.2. The molecule has 1 heterocycles. The highest BCUT2D eigenvalue weighted by molar-refractivity contribution is 5.67. The molecule has 1 amide bonds. The van der Waals surface area contributed by atoms with Gasteiger partial charge < -0.3 is 40.3 Å². The number of amides is 1. The summed E-state index contributed by atoms with van der Waals surface area (Å²) in [7, 11) is 0. The van der Waals surface area contributed by atoms with Crippen molar-refractivity contribution in [3.8, 4) is 0 Å². The van der Waals surface area contributed by atoms with Crippen LogP contribution >= 0.6 is 0 Å². The van der Waals surface area contributed by atoms with Crippen LogP contribution in [0.2, 0.25) is 0 Å². The number of aliphatic hydroxyl groups is 5. The Kier molecular flexibility index (Phi) is 7.96. The van der Waals surface area contributed by atoms with Gasteiger partial charge in [0.05, 0.1) is 6.61 Å². The minimum atomic E-state index is -2.08. The number of alkyl carbamates (subject to hydrolysis) is 1. The van der Waals surface area contributed by atoms with Gasteiger partial charge in [0.15, 0.2) is 5.79 Å². The molecule has 0 saturated carbocycles. The van der Waals surface area contributed by atoms with Crippen LogP contribution in [-0.4, -0.2) is 75.0 Å². The first-order valence-electron chi connectivity index (χ1n) is 8.87. The van der Waals surface area contributed by atoms with Gasteiger partial charge in [-0.25, -0.2) is 4.79 Å². The van der Waals surface area contributed by atoms with Crippen LogP contribution in [0.25, 0.3) is 0 Å². The van der Waals surface area contributed by atoms with Gasteiger partial charge in [-0.15, -0.1) is 0 Å². The summed E-state index contributed by atoms with van der Waals surface area (Å²) in [5, 5.41) is 51.5. The average Bonchev–Trinajstić information content (AvgIpc) is 2.68. The van der Waals surface area contributed by atoms with Crippen molar-refractivity contribution in [3.05, 3.63) is 35.9 Å². The molecule has 2 rings (SSSR count). The quantitative estimate of drug-likeness (QED) is 0.320. The largest absolute Gasteiger partial charge is 0.445 e. The van der Waals surface area contributed by atoms with Crippen molar-refractivity contribution < 1.29 is 39.8 Å². The van der Waals surface area contributed by atoms with E-state index in [1.54, 1.807) is 0 Å². The van der Waals surface area contributed by atoms with E-state index in [-0.39, 0.29) is 19.6 Å². The monoisotopic (exact) mass is 385 g/mol. The van der Waals surface area contributed by atoms with E-state index in [4.69, 9.17) is 14.6 Å². The second-order valence-electron chi connectivity index (χ2n) is 6.56. The van der Waals surface area contributed by atoms with E-state index in [1.165, 1.54) is 0 Å². The highest BCUT2D eigenvalue weighted by atomic mass is 16.7. The molecule has 5 atom stereocenters. The van der Waals surface area contributed by atoms with Crippen LogP contribution in [0.1, 0.15) is 24.8 Å². The number of benzene rings is 1. The Morgan fingerprint density at radius 3 is 2.52 bits per heavy atom. The molecule has 27 heavy (non-hydrogen) atoms. The van der Waals surface area contributed by atoms with E-state index >= 15 is 0 Å². The van der Waals surface area contributed by atoms with Gasteiger partial charge in [-0.05, 0) is 18.4 Å². The van der Waals surface area contributed by atoms with Crippen LogP contribution in [0, 0.1) is 0 Å². The summed E-state index contributed by atoms with van der Waals surface area (Å²) >= 11 is 0. The minimum Gasteiger partial charge on any atom is -0.445 e. The summed E-state index contributed by atoms with van der Waals surface area (Å²) in [5.41, 5.74) is 0.873. The molecule has 1 aromatic rings. The Morgan fingerprint density at radius 1 is 1.15 bits per heavy atom. The smallest absolute Gasteiger partial charge is 0.407 e. The lowest BCUT2D eigenvalue weighted by molar-refractivity contribution is -0.351. The molecular formula is C18H27NO8. The zero-order chi connectivity index (χ0) is 19.9. The first-order chi connectivity index (χ1) is 12.9. The van der Waals surface area contributed by atoms with Crippen LogP contribution < -0.4 is 5.32 Å². The zero-order valence-corrected chi connectivity index (χ0v) is 14.9. The lowest BCUT2D eigenvalue weighted by Crippen LogP contribution is -2.65.